The van der Waals surface area contributed by atoms with Crippen LogP contribution in [0.15, 0.2) is 48.5 Å². The van der Waals surface area contributed by atoms with Crippen LogP contribution in [0.25, 0.3) is 0 Å². The van der Waals surface area contributed by atoms with E-state index in [-0.39, 0.29) is 11.4 Å². The number of rotatable bonds is 5. The van der Waals surface area contributed by atoms with Crippen molar-refractivity contribution in [3.05, 3.63) is 65.5 Å². The predicted octanol–water partition coefficient (Wildman–Crippen LogP) is 4.29. The van der Waals surface area contributed by atoms with Gasteiger partial charge in [0.1, 0.15) is 18.2 Å². The summed E-state index contributed by atoms with van der Waals surface area (Å²) in [7, 11) is 0. The Bertz CT molecular complexity index is 573. The summed E-state index contributed by atoms with van der Waals surface area (Å²) >= 11 is 0. The number of hydrogen-bond acceptors (Lipinski definition) is 2. The monoisotopic (exact) mass is 287 g/mol. The maximum Gasteiger partial charge on any atom is 0.123 e. The first-order valence-electron chi connectivity index (χ1n) is 7.14. The fourth-order valence-electron chi connectivity index (χ4n) is 1.92. The van der Waals surface area contributed by atoms with E-state index in [9.17, 15) is 4.39 Å². The Morgan fingerprint density at radius 1 is 0.952 bits per heavy atom. The minimum absolute atomic E-state index is 0.0743. The average Bonchev–Trinajstić information content (AvgIpc) is 2.44. The molecule has 2 aromatic carbocycles. The van der Waals surface area contributed by atoms with Crippen molar-refractivity contribution in [1.29, 1.82) is 0 Å². The minimum atomic E-state index is -0.253. The van der Waals surface area contributed by atoms with Gasteiger partial charge in [-0.25, -0.2) is 4.39 Å². The van der Waals surface area contributed by atoms with Gasteiger partial charge in [0.05, 0.1) is 0 Å². The molecular formula is C18H22FNO. The molecule has 3 heteroatoms. The van der Waals surface area contributed by atoms with Crippen LogP contribution in [0.2, 0.25) is 0 Å². The van der Waals surface area contributed by atoms with Crippen LogP contribution in [0.5, 0.6) is 5.75 Å². The van der Waals surface area contributed by atoms with Crippen molar-refractivity contribution in [1.82, 2.24) is 5.32 Å². The molecule has 0 bridgehead atoms. The molecule has 0 radical (unpaired) electrons. The minimum Gasteiger partial charge on any atom is -0.489 e. The van der Waals surface area contributed by atoms with Crippen molar-refractivity contribution < 1.29 is 9.13 Å². The first kappa shape index (κ1) is 15.5. The molecule has 0 fully saturated rings. The molecule has 2 rings (SSSR count). The van der Waals surface area contributed by atoms with Crippen molar-refractivity contribution in [3.8, 4) is 5.75 Å². The SMILES string of the molecule is CC(C)(C)NCc1ccccc1COc1ccc(F)cc1. The highest BCUT2D eigenvalue weighted by molar-refractivity contribution is 5.28. The van der Waals surface area contributed by atoms with Gasteiger partial charge in [-0.15, -0.1) is 0 Å². The number of nitrogens with one attached hydrogen (secondary N) is 1. The van der Waals surface area contributed by atoms with E-state index in [1.54, 1.807) is 12.1 Å². The molecule has 1 N–H and O–H groups in total. The zero-order valence-electron chi connectivity index (χ0n) is 12.8. The summed E-state index contributed by atoms with van der Waals surface area (Å²) in [4.78, 5) is 0. The lowest BCUT2D eigenvalue weighted by Gasteiger charge is -2.21. The standard InChI is InChI=1S/C18H22FNO/c1-18(2,3)20-12-14-6-4-5-7-15(14)13-21-17-10-8-16(19)9-11-17/h4-11,20H,12-13H2,1-3H3. The average molecular weight is 287 g/mol. The van der Waals surface area contributed by atoms with Crippen LogP contribution >= 0.6 is 0 Å². The molecule has 112 valence electrons. The van der Waals surface area contributed by atoms with E-state index in [0.717, 1.165) is 12.1 Å². The first-order valence-corrected chi connectivity index (χ1v) is 7.14. The highest BCUT2D eigenvalue weighted by Crippen LogP contribution is 2.16. The highest BCUT2D eigenvalue weighted by atomic mass is 19.1. The van der Waals surface area contributed by atoms with Crippen molar-refractivity contribution in [3.63, 3.8) is 0 Å². The van der Waals surface area contributed by atoms with Gasteiger partial charge in [-0.1, -0.05) is 24.3 Å². The Labute approximate surface area is 126 Å². The molecule has 0 aliphatic carbocycles. The van der Waals surface area contributed by atoms with Crippen LogP contribution in [-0.2, 0) is 13.2 Å². The second-order valence-corrected chi connectivity index (χ2v) is 6.11. The molecule has 0 aliphatic heterocycles. The number of ether oxygens (including phenoxy) is 1. The number of halogens is 1. The van der Waals surface area contributed by atoms with Gasteiger partial charge in [0, 0.05) is 12.1 Å². The zero-order valence-corrected chi connectivity index (χ0v) is 12.8. The van der Waals surface area contributed by atoms with E-state index in [1.165, 1.54) is 17.7 Å². The Hall–Kier alpha value is -1.87. The molecule has 0 saturated heterocycles. The Morgan fingerprint density at radius 2 is 1.57 bits per heavy atom. The number of hydrogen-bond donors (Lipinski definition) is 1. The van der Waals surface area contributed by atoms with Gasteiger partial charge in [-0.3, -0.25) is 0 Å². The lowest BCUT2D eigenvalue weighted by molar-refractivity contribution is 0.303. The van der Waals surface area contributed by atoms with Crippen molar-refractivity contribution in [2.24, 2.45) is 0 Å². The largest absolute Gasteiger partial charge is 0.489 e. The highest BCUT2D eigenvalue weighted by Gasteiger charge is 2.10. The molecule has 2 nitrogen and oxygen atoms in total. The van der Waals surface area contributed by atoms with Gasteiger partial charge in [-0.05, 0) is 56.2 Å². The van der Waals surface area contributed by atoms with Crippen LogP contribution in [-0.4, -0.2) is 5.54 Å². The maximum absolute atomic E-state index is 12.9. The van der Waals surface area contributed by atoms with Gasteiger partial charge in [-0.2, -0.15) is 0 Å². The summed E-state index contributed by atoms with van der Waals surface area (Å²) in [6, 6.07) is 14.3. The quantitative estimate of drug-likeness (QED) is 0.885. The zero-order chi connectivity index (χ0) is 15.3. The second kappa shape index (κ2) is 6.72. The van der Waals surface area contributed by atoms with Crippen molar-refractivity contribution >= 4 is 0 Å². The van der Waals surface area contributed by atoms with Gasteiger partial charge < -0.3 is 10.1 Å². The molecular weight excluding hydrogens is 265 g/mol. The normalized spacial score (nSPS) is 11.4. The van der Waals surface area contributed by atoms with Crippen molar-refractivity contribution in [2.75, 3.05) is 0 Å². The van der Waals surface area contributed by atoms with E-state index in [1.807, 2.05) is 12.1 Å². The summed E-state index contributed by atoms with van der Waals surface area (Å²) in [5.41, 5.74) is 2.43. The van der Waals surface area contributed by atoms with E-state index in [0.29, 0.717) is 12.4 Å². The number of benzene rings is 2. The summed E-state index contributed by atoms with van der Waals surface area (Å²) < 4.78 is 18.6. The molecule has 0 spiro atoms. The van der Waals surface area contributed by atoms with E-state index in [2.05, 4.69) is 38.2 Å². The summed E-state index contributed by atoms with van der Waals surface area (Å²) in [6.45, 7) is 7.71. The fraction of sp³-hybridized carbons (Fsp3) is 0.333. The molecule has 0 aliphatic rings. The molecule has 0 amide bonds. The van der Waals surface area contributed by atoms with Gasteiger partial charge >= 0.3 is 0 Å². The van der Waals surface area contributed by atoms with E-state index >= 15 is 0 Å². The third-order valence-corrected chi connectivity index (χ3v) is 3.14. The molecule has 0 aromatic heterocycles. The second-order valence-electron chi connectivity index (χ2n) is 6.11. The molecule has 0 unspecified atom stereocenters. The molecule has 21 heavy (non-hydrogen) atoms. The van der Waals surface area contributed by atoms with Gasteiger partial charge in [0.2, 0.25) is 0 Å². The van der Waals surface area contributed by atoms with Gasteiger partial charge in [0.25, 0.3) is 0 Å². The Kier molecular flexibility index (Phi) is 4.97. The Morgan fingerprint density at radius 3 is 2.19 bits per heavy atom. The summed E-state index contributed by atoms with van der Waals surface area (Å²) in [5, 5.41) is 3.48. The molecule has 0 saturated carbocycles. The third kappa shape index (κ3) is 5.20. The smallest absolute Gasteiger partial charge is 0.123 e. The van der Waals surface area contributed by atoms with Crippen LogP contribution < -0.4 is 10.1 Å². The van der Waals surface area contributed by atoms with Crippen molar-refractivity contribution in [2.45, 2.75) is 39.5 Å². The predicted molar refractivity (Wildman–Crippen MR) is 83.8 cm³/mol. The lowest BCUT2D eigenvalue weighted by Crippen LogP contribution is -2.35. The molecule has 2 aromatic rings. The summed E-state index contributed by atoms with van der Waals surface area (Å²) in [5.74, 6) is 0.423. The van der Waals surface area contributed by atoms with Crippen LogP contribution in [0.1, 0.15) is 31.9 Å². The van der Waals surface area contributed by atoms with Crippen LogP contribution in [0.4, 0.5) is 4.39 Å². The van der Waals surface area contributed by atoms with E-state index in [4.69, 9.17) is 4.74 Å². The fourth-order valence-corrected chi connectivity index (χ4v) is 1.92. The van der Waals surface area contributed by atoms with Crippen LogP contribution in [0, 0.1) is 5.82 Å². The lowest BCUT2D eigenvalue weighted by atomic mass is 10.1. The Balaban J connectivity index is 2.01. The molecule has 0 atom stereocenters. The topological polar surface area (TPSA) is 21.3 Å². The molecule has 0 heterocycles. The first-order chi connectivity index (χ1) is 9.94. The third-order valence-electron chi connectivity index (χ3n) is 3.14. The van der Waals surface area contributed by atoms with Gasteiger partial charge in [0.15, 0.2) is 0 Å². The maximum atomic E-state index is 12.9. The van der Waals surface area contributed by atoms with E-state index < -0.39 is 0 Å². The summed E-state index contributed by atoms with van der Waals surface area (Å²) in [6.07, 6.45) is 0. The van der Waals surface area contributed by atoms with Crippen LogP contribution in [0.3, 0.4) is 0 Å².